The number of benzene rings is 2. The molecule has 0 fully saturated rings. The van der Waals surface area contributed by atoms with Gasteiger partial charge in [-0.2, -0.15) is 0 Å². The van der Waals surface area contributed by atoms with Crippen LogP contribution in [0.3, 0.4) is 0 Å². The van der Waals surface area contributed by atoms with Gasteiger partial charge < -0.3 is 10.2 Å². The summed E-state index contributed by atoms with van der Waals surface area (Å²) in [5.74, 6) is -2.46. The third kappa shape index (κ3) is 4.30. The average molecular weight is 443 g/mol. The Balaban J connectivity index is 2.59. The van der Waals surface area contributed by atoms with Crippen LogP contribution in [-0.4, -0.2) is 33.8 Å². The fourth-order valence-corrected chi connectivity index (χ4v) is 5.39. The number of aromatic carboxylic acids is 2. The van der Waals surface area contributed by atoms with Gasteiger partial charge in [0.1, 0.15) is 0 Å². The van der Waals surface area contributed by atoms with Crippen LogP contribution in [-0.2, 0) is 0 Å². The maximum Gasteiger partial charge on any atom is 0.354 e. The Morgan fingerprint density at radius 3 is 1.18 bits per heavy atom. The van der Waals surface area contributed by atoms with Gasteiger partial charge >= 0.3 is 11.9 Å². The van der Waals surface area contributed by atoms with Gasteiger partial charge in [-0.05, 0) is 66.5 Å². The number of pyridine rings is 1. The van der Waals surface area contributed by atoms with E-state index in [1.165, 1.54) is 0 Å². The van der Waals surface area contributed by atoms with Crippen molar-refractivity contribution in [1.82, 2.24) is 4.98 Å². The van der Waals surface area contributed by atoms with Crippen LogP contribution in [0.2, 0.25) is 0 Å². The molecule has 2 N–H and O–H groups in total. The van der Waals surface area contributed by atoms with Crippen molar-refractivity contribution in [2.24, 2.45) is 0 Å². The molecule has 1 heterocycles. The number of carboxylic acids is 2. The standard InChI is InChI=1S/C27H30BNO4/c1-13-9-15(3)21(16(4)10-13)28(22-17(5)11-14(2)12-18(22)6)23-19(7)24(26(30)31)29-25(20(23)8)27(32)33/h9-12H,1-8H3,(H,30,31)(H,32,33). The van der Waals surface area contributed by atoms with Gasteiger partial charge in [0.25, 0.3) is 0 Å². The molecule has 0 spiro atoms. The molecule has 33 heavy (non-hydrogen) atoms. The van der Waals surface area contributed by atoms with E-state index in [0.717, 1.165) is 44.3 Å². The van der Waals surface area contributed by atoms with Gasteiger partial charge in [0.05, 0.1) is 0 Å². The number of hydrogen-bond acceptors (Lipinski definition) is 3. The zero-order valence-electron chi connectivity index (χ0n) is 20.5. The Morgan fingerprint density at radius 1 is 0.606 bits per heavy atom. The van der Waals surface area contributed by atoms with Gasteiger partial charge in [0.2, 0.25) is 6.71 Å². The molecule has 2 aromatic carbocycles. The average Bonchev–Trinajstić information content (AvgIpc) is 2.65. The molecule has 1 aromatic heterocycles. The van der Waals surface area contributed by atoms with Crippen molar-refractivity contribution in [3.05, 3.63) is 80.2 Å². The first-order valence-corrected chi connectivity index (χ1v) is 11.0. The Labute approximate surface area is 195 Å². The van der Waals surface area contributed by atoms with E-state index in [1.54, 1.807) is 13.8 Å². The molecule has 3 aromatic rings. The van der Waals surface area contributed by atoms with E-state index in [-0.39, 0.29) is 18.1 Å². The Kier molecular flexibility index (Phi) is 6.50. The number of hydrogen-bond donors (Lipinski definition) is 2. The van der Waals surface area contributed by atoms with Crippen molar-refractivity contribution in [3.63, 3.8) is 0 Å². The molecule has 3 rings (SSSR count). The second-order valence-corrected chi connectivity index (χ2v) is 9.14. The quantitative estimate of drug-likeness (QED) is 0.590. The van der Waals surface area contributed by atoms with Gasteiger partial charge in [-0.15, -0.1) is 0 Å². The van der Waals surface area contributed by atoms with Crippen LogP contribution in [0.5, 0.6) is 0 Å². The van der Waals surface area contributed by atoms with Crippen molar-refractivity contribution in [1.29, 1.82) is 0 Å². The summed E-state index contributed by atoms with van der Waals surface area (Å²) < 4.78 is 0. The van der Waals surface area contributed by atoms with Crippen LogP contribution in [0.4, 0.5) is 0 Å². The molecule has 0 bridgehead atoms. The summed E-state index contributed by atoms with van der Waals surface area (Å²) in [6.07, 6.45) is 0. The highest BCUT2D eigenvalue weighted by molar-refractivity contribution is 6.97. The summed E-state index contributed by atoms with van der Waals surface area (Å²) in [5.41, 5.74) is 10.0. The van der Waals surface area contributed by atoms with Crippen LogP contribution in [0.25, 0.3) is 0 Å². The summed E-state index contributed by atoms with van der Waals surface area (Å²) in [4.78, 5) is 28.1. The molecule has 0 unspecified atom stereocenters. The van der Waals surface area contributed by atoms with E-state index in [2.05, 4.69) is 70.8 Å². The van der Waals surface area contributed by atoms with Crippen molar-refractivity contribution < 1.29 is 19.8 Å². The van der Waals surface area contributed by atoms with E-state index in [0.29, 0.717) is 16.6 Å². The second-order valence-electron chi connectivity index (χ2n) is 9.14. The van der Waals surface area contributed by atoms with E-state index >= 15 is 0 Å². The smallest absolute Gasteiger partial charge is 0.354 e. The third-order valence-electron chi connectivity index (χ3n) is 6.49. The highest BCUT2D eigenvalue weighted by Crippen LogP contribution is 2.18. The lowest BCUT2D eigenvalue weighted by Crippen LogP contribution is -2.58. The number of nitrogens with zero attached hydrogens (tertiary/aromatic N) is 1. The lowest BCUT2D eigenvalue weighted by Gasteiger charge is -2.27. The van der Waals surface area contributed by atoms with E-state index < -0.39 is 11.9 Å². The van der Waals surface area contributed by atoms with Crippen molar-refractivity contribution in [3.8, 4) is 0 Å². The summed E-state index contributed by atoms with van der Waals surface area (Å²) >= 11 is 0. The first-order chi connectivity index (χ1) is 15.3. The highest BCUT2D eigenvalue weighted by atomic mass is 16.4. The van der Waals surface area contributed by atoms with Crippen LogP contribution >= 0.6 is 0 Å². The third-order valence-corrected chi connectivity index (χ3v) is 6.49. The molecule has 0 saturated carbocycles. The molecule has 0 saturated heterocycles. The fraction of sp³-hybridized carbons (Fsp3) is 0.296. The monoisotopic (exact) mass is 443 g/mol. The van der Waals surface area contributed by atoms with E-state index in [4.69, 9.17) is 0 Å². The van der Waals surface area contributed by atoms with Crippen LogP contribution in [0.1, 0.15) is 65.5 Å². The Bertz CT molecular complexity index is 1170. The Morgan fingerprint density at radius 2 is 0.909 bits per heavy atom. The first-order valence-electron chi connectivity index (χ1n) is 11.0. The van der Waals surface area contributed by atoms with Crippen LogP contribution in [0, 0.1) is 55.4 Å². The summed E-state index contributed by atoms with van der Waals surface area (Å²) in [6.45, 7) is 15.5. The second kappa shape index (κ2) is 8.85. The van der Waals surface area contributed by atoms with Crippen LogP contribution in [0.15, 0.2) is 24.3 Å². The molecule has 0 amide bonds. The molecule has 0 aliphatic rings. The lowest BCUT2D eigenvalue weighted by atomic mass is 9.33. The summed E-state index contributed by atoms with van der Waals surface area (Å²) in [7, 11) is 0. The topological polar surface area (TPSA) is 87.5 Å². The zero-order valence-corrected chi connectivity index (χ0v) is 20.5. The first kappa shape index (κ1) is 24.2. The molecule has 5 nitrogen and oxygen atoms in total. The normalized spacial score (nSPS) is 10.9. The minimum atomic E-state index is -1.23. The van der Waals surface area contributed by atoms with E-state index in [1.807, 2.05) is 0 Å². The molecular weight excluding hydrogens is 413 g/mol. The molecule has 6 heteroatoms. The number of aromatic nitrogens is 1. The number of rotatable bonds is 5. The van der Waals surface area contributed by atoms with Gasteiger partial charge in [-0.25, -0.2) is 14.6 Å². The molecule has 0 radical (unpaired) electrons. The van der Waals surface area contributed by atoms with Gasteiger partial charge in [-0.3, -0.25) is 0 Å². The molecule has 0 aliphatic heterocycles. The predicted octanol–water partition coefficient (Wildman–Crippen LogP) is 3.46. The van der Waals surface area contributed by atoms with Crippen molar-refractivity contribution in [2.75, 3.05) is 0 Å². The van der Waals surface area contributed by atoms with Crippen molar-refractivity contribution in [2.45, 2.75) is 55.4 Å². The van der Waals surface area contributed by atoms with Crippen molar-refractivity contribution >= 4 is 35.0 Å². The Hall–Kier alpha value is -3.41. The van der Waals surface area contributed by atoms with Gasteiger partial charge in [-0.1, -0.05) is 74.0 Å². The molecule has 170 valence electrons. The number of carboxylic acid groups (broad SMARTS) is 2. The lowest BCUT2D eigenvalue weighted by molar-refractivity contribution is 0.0684. The summed E-state index contributed by atoms with van der Waals surface area (Å²) in [5, 5.41) is 19.7. The predicted molar refractivity (Wildman–Crippen MR) is 134 cm³/mol. The SMILES string of the molecule is Cc1cc(C)c(B(c2c(C)cc(C)cc2C)c2c(C)c(C(=O)O)nc(C(=O)O)c2C)c(C)c1. The minimum absolute atomic E-state index is 0.220. The van der Waals surface area contributed by atoms with Gasteiger partial charge in [0.15, 0.2) is 11.4 Å². The number of aryl methyl sites for hydroxylation is 6. The molecular formula is C27H30BNO4. The highest BCUT2D eigenvalue weighted by Gasteiger charge is 2.34. The molecule has 0 atom stereocenters. The van der Waals surface area contributed by atoms with E-state index in [9.17, 15) is 19.8 Å². The maximum absolute atomic E-state index is 12.1. The van der Waals surface area contributed by atoms with Crippen LogP contribution < -0.4 is 16.4 Å². The largest absolute Gasteiger partial charge is 0.477 e. The molecule has 0 aliphatic carbocycles. The maximum atomic E-state index is 12.1. The number of carbonyl (C=O) groups is 2. The summed E-state index contributed by atoms with van der Waals surface area (Å²) in [6, 6.07) is 8.49. The zero-order chi connectivity index (χ0) is 24.8. The van der Waals surface area contributed by atoms with Gasteiger partial charge in [0, 0.05) is 0 Å². The fourth-order valence-electron chi connectivity index (χ4n) is 5.39. The minimum Gasteiger partial charge on any atom is -0.477 e.